The standard InChI is InChI=1S/C25H24N2O6/c1-3-32-25(30)33-19-14-12-17(13-15-19)23(28)26-16-18-8-4-6-10-21(18)27-24(29)20-9-5-7-11-22(20)31-2/h4-15H,3,16H2,1-2H3,(H,26,28)(H,27,29). The Bertz CT molecular complexity index is 1130. The molecule has 8 heteroatoms. The van der Waals surface area contributed by atoms with Gasteiger partial charge in [-0.2, -0.15) is 0 Å². The highest BCUT2D eigenvalue weighted by atomic mass is 16.7. The van der Waals surface area contributed by atoms with Gasteiger partial charge >= 0.3 is 6.16 Å². The molecule has 3 rings (SSSR count). The molecule has 2 N–H and O–H groups in total. The Morgan fingerprint density at radius 2 is 1.55 bits per heavy atom. The summed E-state index contributed by atoms with van der Waals surface area (Å²) in [7, 11) is 1.51. The first-order chi connectivity index (χ1) is 16.0. The molecule has 0 bridgehead atoms. The lowest BCUT2D eigenvalue weighted by Gasteiger charge is -2.13. The number of hydrogen-bond donors (Lipinski definition) is 2. The fourth-order valence-electron chi connectivity index (χ4n) is 3.01. The van der Waals surface area contributed by atoms with Gasteiger partial charge in [0, 0.05) is 17.8 Å². The van der Waals surface area contributed by atoms with Crippen LogP contribution in [0.3, 0.4) is 0 Å². The van der Waals surface area contributed by atoms with Crippen molar-refractivity contribution in [2.45, 2.75) is 13.5 Å². The Labute approximate surface area is 191 Å². The lowest BCUT2D eigenvalue weighted by molar-refractivity contribution is 0.0950. The predicted molar refractivity (Wildman–Crippen MR) is 123 cm³/mol. The molecule has 0 aliphatic carbocycles. The lowest BCUT2D eigenvalue weighted by Crippen LogP contribution is -2.24. The molecule has 0 radical (unpaired) electrons. The van der Waals surface area contributed by atoms with Gasteiger partial charge in [0.25, 0.3) is 11.8 Å². The molecule has 2 amide bonds. The maximum atomic E-state index is 12.7. The van der Waals surface area contributed by atoms with Crippen LogP contribution >= 0.6 is 0 Å². The lowest BCUT2D eigenvalue weighted by atomic mass is 10.1. The average molecular weight is 448 g/mol. The maximum absolute atomic E-state index is 12.7. The second-order valence-electron chi connectivity index (χ2n) is 6.80. The van der Waals surface area contributed by atoms with Gasteiger partial charge in [0.2, 0.25) is 0 Å². The Morgan fingerprint density at radius 1 is 0.848 bits per heavy atom. The molecule has 170 valence electrons. The van der Waals surface area contributed by atoms with E-state index in [4.69, 9.17) is 14.2 Å². The molecule has 0 aliphatic heterocycles. The molecule has 0 saturated carbocycles. The molecule has 0 heterocycles. The third kappa shape index (κ3) is 6.33. The fraction of sp³-hybridized carbons (Fsp3) is 0.160. The van der Waals surface area contributed by atoms with Gasteiger partial charge in [-0.3, -0.25) is 9.59 Å². The van der Waals surface area contributed by atoms with Crippen molar-refractivity contribution in [1.29, 1.82) is 0 Å². The molecule has 0 saturated heterocycles. The molecule has 0 aromatic heterocycles. The number of nitrogens with one attached hydrogen (secondary N) is 2. The summed E-state index contributed by atoms with van der Waals surface area (Å²) in [4.78, 5) is 36.6. The third-order valence-corrected chi connectivity index (χ3v) is 4.64. The van der Waals surface area contributed by atoms with Crippen LogP contribution in [0.25, 0.3) is 0 Å². The summed E-state index contributed by atoms with van der Waals surface area (Å²) < 4.78 is 14.9. The van der Waals surface area contributed by atoms with Crippen LogP contribution in [-0.4, -0.2) is 31.7 Å². The first kappa shape index (κ1) is 23.3. The van der Waals surface area contributed by atoms with Crippen LogP contribution in [0.15, 0.2) is 72.8 Å². The van der Waals surface area contributed by atoms with Gasteiger partial charge < -0.3 is 24.8 Å². The van der Waals surface area contributed by atoms with Crippen LogP contribution in [0.1, 0.15) is 33.2 Å². The zero-order valence-electron chi connectivity index (χ0n) is 18.3. The van der Waals surface area contributed by atoms with E-state index in [0.29, 0.717) is 22.6 Å². The van der Waals surface area contributed by atoms with Gasteiger partial charge in [0.1, 0.15) is 11.5 Å². The molecular formula is C25H24N2O6. The summed E-state index contributed by atoms with van der Waals surface area (Å²) in [5.74, 6) is 0.109. The van der Waals surface area contributed by atoms with Gasteiger partial charge in [-0.15, -0.1) is 0 Å². The van der Waals surface area contributed by atoms with Crippen LogP contribution < -0.4 is 20.1 Å². The molecule has 8 nitrogen and oxygen atoms in total. The summed E-state index contributed by atoms with van der Waals surface area (Å²) in [6.45, 7) is 2.08. The van der Waals surface area contributed by atoms with Gasteiger partial charge in [-0.25, -0.2) is 4.79 Å². The van der Waals surface area contributed by atoms with Crippen molar-refractivity contribution in [1.82, 2.24) is 5.32 Å². The minimum atomic E-state index is -0.804. The number of rotatable bonds is 8. The first-order valence-corrected chi connectivity index (χ1v) is 10.3. The second kappa shape index (κ2) is 11.3. The Balaban J connectivity index is 1.63. The van der Waals surface area contributed by atoms with E-state index in [9.17, 15) is 14.4 Å². The molecule has 0 fully saturated rings. The van der Waals surface area contributed by atoms with Crippen molar-refractivity contribution < 1.29 is 28.6 Å². The first-order valence-electron chi connectivity index (χ1n) is 10.3. The number of hydrogen-bond acceptors (Lipinski definition) is 6. The quantitative estimate of drug-likeness (QED) is 0.391. The summed E-state index contributed by atoms with van der Waals surface area (Å²) in [5.41, 5.74) is 2.11. The van der Waals surface area contributed by atoms with E-state index in [2.05, 4.69) is 10.6 Å². The summed E-state index contributed by atoms with van der Waals surface area (Å²) >= 11 is 0. The van der Waals surface area contributed by atoms with Crippen molar-refractivity contribution in [2.24, 2.45) is 0 Å². The van der Waals surface area contributed by atoms with E-state index in [1.165, 1.54) is 19.2 Å². The van der Waals surface area contributed by atoms with Crippen LogP contribution in [-0.2, 0) is 11.3 Å². The number of carbonyl (C=O) groups is 3. The number of ether oxygens (including phenoxy) is 3. The molecule has 0 spiro atoms. The number of para-hydroxylation sites is 2. The minimum absolute atomic E-state index is 0.197. The third-order valence-electron chi connectivity index (χ3n) is 4.64. The van der Waals surface area contributed by atoms with E-state index in [1.807, 2.05) is 12.1 Å². The van der Waals surface area contributed by atoms with Crippen molar-refractivity contribution >= 4 is 23.7 Å². The van der Waals surface area contributed by atoms with E-state index < -0.39 is 6.16 Å². The molecule has 0 aliphatic rings. The zero-order valence-corrected chi connectivity index (χ0v) is 18.3. The van der Waals surface area contributed by atoms with Gasteiger partial charge in [-0.1, -0.05) is 30.3 Å². The number of carbonyl (C=O) groups excluding carboxylic acids is 3. The summed E-state index contributed by atoms with van der Waals surface area (Å²) in [6.07, 6.45) is -0.804. The molecule has 3 aromatic rings. The van der Waals surface area contributed by atoms with E-state index in [-0.39, 0.29) is 30.7 Å². The van der Waals surface area contributed by atoms with Crippen LogP contribution in [0.5, 0.6) is 11.5 Å². The van der Waals surface area contributed by atoms with Crippen molar-refractivity contribution in [3.05, 3.63) is 89.5 Å². The van der Waals surface area contributed by atoms with Crippen molar-refractivity contribution in [2.75, 3.05) is 19.0 Å². The monoisotopic (exact) mass is 448 g/mol. The topological polar surface area (TPSA) is 103 Å². The molecular weight excluding hydrogens is 424 g/mol. The maximum Gasteiger partial charge on any atom is 0.513 e. The zero-order chi connectivity index (χ0) is 23.6. The Hall–Kier alpha value is -4.33. The van der Waals surface area contributed by atoms with E-state index in [0.717, 1.165) is 5.56 Å². The largest absolute Gasteiger partial charge is 0.513 e. The number of benzene rings is 3. The Kier molecular flexibility index (Phi) is 8.02. The summed E-state index contributed by atoms with van der Waals surface area (Å²) in [5, 5.41) is 5.69. The van der Waals surface area contributed by atoms with Crippen molar-refractivity contribution in [3.63, 3.8) is 0 Å². The van der Waals surface area contributed by atoms with Crippen LogP contribution in [0, 0.1) is 0 Å². The number of amides is 2. The number of methoxy groups -OCH3 is 1. The molecule has 0 atom stereocenters. The fourth-order valence-corrected chi connectivity index (χ4v) is 3.01. The average Bonchev–Trinajstić information content (AvgIpc) is 2.83. The highest BCUT2D eigenvalue weighted by Gasteiger charge is 2.14. The van der Waals surface area contributed by atoms with Crippen LogP contribution in [0.4, 0.5) is 10.5 Å². The normalized spacial score (nSPS) is 10.1. The SMILES string of the molecule is CCOC(=O)Oc1ccc(C(=O)NCc2ccccc2NC(=O)c2ccccc2OC)cc1. The minimum Gasteiger partial charge on any atom is -0.496 e. The number of anilines is 1. The molecule has 3 aromatic carbocycles. The highest BCUT2D eigenvalue weighted by Crippen LogP contribution is 2.21. The molecule has 0 unspecified atom stereocenters. The van der Waals surface area contributed by atoms with Gasteiger partial charge in [0.15, 0.2) is 0 Å². The van der Waals surface area contributed by atoms with Gasteiger partial charge in [0.05, 0.1) is 19.3 Å². The Morgan fingerprint density at radius 3 is 2.27 bits per heavy atom. The van der Waals surface area contributed by atoms with Gasteiger partial charge in [-0.05, 0) is 55.0 Å². The van der Waals surface area contributed by atoms with E-state index >= 15 is 0 Å². The van der Waals surface area contributed by atoms with Crippen molar-refractivity contribution in [3.8, 4) is 11.5 Å². The molecule has 33 heavy (non-hydrogen) atoms. The summed E-state index contributed by atoms with van der Waals surface area (Å²) in [6, 6.07) is 20.2. The smallest absolute Gasteiger partial charge is 0.496 e. The predicted octanol–water partition coefficient (Wildman–Crippen LogP) is 4.41. The van der Waals surface area contributed by atoms with Crippen LogP contribution in [0.2, 0.25) is 0 Å². The second-order valence-corrected chi connectivity index (χ2v) is 6.80. The van der Waals surface area contributed by atoms with E-state index in [1.54, 1.807) is 55.5 Å². The highest BCUT2D eigenvalue weighted by molar-refractivity contribution is 6.06.